The SMILES string of the molecule is C[C@@H](N[C@H]1CCN(c2cccc(C(F)(F)F)c2)C1)c1cccc2ccccc12.Cl.Cl. The summed E-state index contributed by atoms with van der Waals surface area (Å²) in [6, 6.07) is 20.6. The predicted octanol–water partition coefficient (Wildman–Crippen LogP) is 6.63. The summed E-state index contributed by atoms with van der Waals surface area (Å²) in [4.78, 5) is 2.03. The minimum atomic E-state index is -4.31. The molecule has 0 unspecified atom stereocenters. The Morgan fingerprint density at radius 1 is 0.967 bits per heavy atom. The van der Waals surface area contributed by atoms with E-state index in [1.807, 2.05) is 17.0 Å². The lowest BCUT2D eigenvalue weighted by molar-refractivity contribution is -0.137. The number of fused-ring (bicyclic) bond motifs is 1. The van der Waals surface area contributed by atoms with Crippen LogP contribution in [-0.4, -0.2) is 19.1 Å². The minimum Gasteiger partial charge on any atom is -0.370 e. The van der Waals surface area contributed by atoms with E-state index < -0.39 is 11.7 Å². The van der Waals surface area contributed by atoms with Gasteiger partial charge in [-0.3, -0.25) is 0 Å². The second-order valence-electron chi connectivity index (χ2n) is 7.44. The summed E-state index contributed by atoms with van der Waals surface area (Å²) in [5.41, 5.74) is 1.29. The fraction of sp³-hybridized carbons (Fsp3) is 0.304. The van der Waals surface area contributed by atoms with Crippen LogP contribution in [0, 0.1) is 0 Å². The molecule has 1 aliphatic heterocycles. The highest BCUT2D eigenvalue weighted by atomic mass is 35.5. The maximum atomic E-state index is 13.0. The van der Waals surface area contributed by atoms with E-state index in [2.05, 4.69) is 42.6 Å². The van der Waals surface area contributed by atoms with Gasteiger partial charge in [0, 0.05) is 30.9 Å². The molecule has 2 nitrogen and oxygen atoms in total. The van der Waals surface area contributed by atoms with Crippen LogP contribution in [-0.2, 0) is 6.18 Å². The van der Waals surface area contributed by atoms with Gasteiger partial charge in [0.25, 0.3) is 0 Å². The van der Waals surface area contributed by atoms with Gasteiger partial charge in [-0.15, -0.1) is 24.8 Å². The van der Waals surface area contributed by atoms with Gasteiger partial charge in [-0.25, -0.2) is 0 Å². The minimum absolute atomic E-state index is 0. The first-order chi connectivity index (χ1) is 13.4. The first-order valence-corrected chi connectivity index (χ1v) is 9.58. The van der Waals surface area contributed by atoms with Crippen molar-refractivity contribution >= 4 is 41.3 Å². The maximum Gasteiger partial charge on any atom is 0.416 e. The van der Waals surface area contributed by atoms with Crippen LogP contribution in [0.2, 0.25) is 0 Å². The molecule has 4 rings (SSSR count). The lowest BCUT2D eigenvalue weighted by Gasteiger charge is -2.23. The smallest absolute Gasteiger partial charge is 0.370 e. The molecule has 1 fully saturated rings. The number of rotatable bonds is 4. The number of nitrogens with zero attached hydrogens (tertiary/aromatic N) is 1. The molecule has 0 amide bonds. The fourth-order valence-corrected chi connectivity index (χ4v) is 4.08. The Balaban J connectivity index is 0.00000160. The molecule has 1 saturated heterocycles. The molecule has 7 heteroatoms. The van der Waals surface area contributed by atoms with E-state index in [0.717, 1.165) is 19.0 Å². The van der Waals surface area contributed by atoms with Gasteiger partial charge in [0.15, 0.2) is 0 Å². The molecule has 1 N–H and O–H groups in total. The van der Waals surface area contributed by atoms with Crippen LogP contribution in [0.25, 0.3) is 10.8 Å². The second kappa shape index (κ2) is 9.90. The third-order valence-electron chi connectivity index (χ3n) is 5.50. The zero-order chi connectivity index (χ0) is 19.7. The molecular weight excluding hydrogens is 432 g/mol. The third kappa shape index (κ3) is 5.20. The van der Waals surface area contributed by atoms with Crippen LogP contribution in [0.4, 0.5) is 18.9 Å². The summed E-state index contributed by atoms with van der Waals surface area (Å²) < 4.78 is 39.0. The molecule has 1 aliphatic rings. The molecule has 0 aliphatic carbocycles. The first kappa shape index (κ1) is 24.3. The summed E-state index contributed by atoms with van der Waals surface area (Å²) in [6.45, 7) is 3.60. The van der Waals surface area contributed by atoms with Crippen molar-refractivity contribution in [2.75, 3.05) is 18.0 Å². The highest BCUT2D eigenvalue weighted by molar-refractivity contribution is 5.86. The average Bonchev–Trinajstić information content (AvgIpc) is 3.15. The first-order valence-electron chi connectivity index (χ1n) is 9.58. The van der Waals surface area contributed by atoms with Gasteiger partial charge < -0.3 is 10.2 Å². The number of halogens is 5. The summed E-state index contributed by atoms with van der Waals surface area (Å²) >= 11 is 0. The maximum absolute atomic E-state index is 13.0. The Morgan fingerprint density at radius 3 is 2.43 bits per heavy atom. The van der Waals surface area contributed by atoms with Crippen LogP contribution in [0.1, 0.15) is 30.5 Å². The summed E-state index contributed by atoms with van der Waals surface area (Å²) in [7, 11) is 0. The van der Waals surface area contributed by atoms with Crippen LogP contribution >= 0.6 is 24.8 Å². The molecule has 0 aromatic heterocycles. The molecule has 0 bridgehead atoms. The molecule has 0 spiro atoms. The van der Waals surface area contributed by atoms with E-state index in [4.69, 9.17) is 0 Å². The lowest BCUT2D eigenvalue weighted by Crippen LogP contribution is -2.34. The second-order valence-corrected chi connectivity index (χ2v) is 7.44. The van der Waals surface area contributed by atoms with E-state index in [1.165, 1.54) is 28.5 Å². The highest BCUT2D eigenvalue weighted by Crippen LogP contribution is 2.33. The quantitative estimate of drug-likeness (QED) is 0.473. The van der Waals surface area contributed by atoms with E-state index in [9.17, 15) is 13.2 Å². The fourth-order valence-electron chi connectivity index (χ4n) is 4.08. The van der Waals surface area contributed by atoms with E-state index in [1.54, 1.807) is 6.07 Å². The van der Waals surface area contributed by atoms with Crippen LogP contribution < -0.4 is 10.2 Å². The summed E-state index contributed by atoms with van der Waals surface area (Å²) in [5.74, 6) is 0. The van der Waals surface area contributed by atoms with Gasteiger partial charge in [-0.05, 0) is 47.9 Å². The largest absolute Gasteiger partial charge is 0.416 e. The molecule has 1 heterocycles. The number of hydrogen-bond donors (Lipinski definition) is 1. The van der Waals surface area contributed by atoms with Crippen molar-refractivity contribution in [3.05, 3.63) is 77.9 Å². The molecule has 3 aromatic carbocycles. The molecule has 162 valence electrons. The van der Waals surface area contributed by atoms with Crippen molar-refractivity contribution in [3.8, 4) is 0 Å². The van der Waals surface area contributed by atoms with Crippen molar-refractivity contribution in [1.29, 1.82) is 0 Å². The Kier molecular flexibility index (Phi) is 8.03. The van der Waals surface area contributed by atoms with Crippen LogP contribution in [0.15, 0.2) is 66.7 Å². The Hall–Kier alpha value is -1.95. The molecule has 2 atom stereocenters. The third-order valence-corrected chi connectivity index (χ3v) is 5.50. The molecule has 3 aromatic rings. The Labute approximate surface area is 187 Å². The summed E-state index contributed by atoms with van der Waals surface area (Å²) in [6.07, 6.45) is -3.40. The number of anilines is 1. The standard InChI is InChI=1S/C23H23F3N2.2ClH/c1-16(21-11-4-7-17-6-2-3-10-22(17)21)27-19-12-13-28(15-19)20-9-5-8-18(14-20)23(24,25)26;;/h2-11,14,16,19,27H,12-13,15H2,1H3;2*1H/t16-,19+;;/m1../s1. The van der Waals surface area contributed by atoms with Gasteiger partial charge in [0.2, 0.25) is 0 Å². The zero-order valence-electron chi connectivity index (χ0n) is 16.5. The predicted molar refractivity (Wildman–Crippen MR) is 122 cm³/mol. The number of benzene rings is 3. The van der Waals surface area contributed by atoms with Crippen molar-refractivity contribution in [2.45, 2.75) is 31.6 Å². The van der Waals surface area contributed by atoms with E-state index in [-0.39, 0.29) is 36.9 Å². The normalized spacial score (nSPS) is 17.3. The molecule has 0 saturated carbocycles. The van der Waals surface area contributed by atoms with Gasteiger partial charge in [0.05, 0.1) is 5.56 Å². The number of alkyl halides is 3. The van der Waals surface area contributed by atoms with E-state index >= 15 is 0 Å². The van der Waals surface area contributed by atoms with Crippen molar-refractivity contribution in [1.82, 2.24) is 5.32 Å². The van der Waals surface area contributed by atoms with Crippen LogP contribution in [0.3, 0.4) is 0 Å². The zero-order valence-corrected chi connectivity index (χ0v) is 18.2. The van der Waals surface area contributed by atoms with E-state index in [0.29, 0.717) is 12.2 Å². The van der Waals surface area contributed by atoms with Gasteiger partial charge in [-0.1, -0.05) is 48.5 Å². The number of nitrogens with one attached hydrogen (secondary N) is 1. The Morgan fingerprint density at radius 2 is 1.67 bits per heavy atom. The van der Waals surface area contributed by atoms with Gasteiger partial charge in [0.1, 0.15) is 0 Å². The number of hydrogen-bond acceptors (Lipinski definition) is 2. The Bertz CT molecular complexity index is 973. The van der Waals surface area contributed by atoms with Gasteiger partial charge >= 0.3 is 6.18 Å². The highest BCUT2D eigenvalue weighted by Gasteiger charge is 2.32. The lowest BCUT2D eigenvalue weighted by atomic mass is 9.99. The summed E-state index contributed by atoms with van der Waals surface area (Å²) in [5, 5.41) is 6.12. The molecule has 0 radical (unpaired) electrons. The average molecular weight is 457 g/mol. The molecular formula is C23H25Cl2F3N2. The van der Waals surface area contributed by atoms with Crippen molar-refractivity contribution < 1.29 is 13.2 Å². The van der Waals surface area contributed by atoms with Crippen LogP contribution in [0.5, 0.6) is 0 Å². The molecule has 30 heavy (non-hydrogen) atoms. The monoisotopic (exact) mass is 456 g/mol. The van der Waals surface area contributed by atoms with Crippen molar-refractivity contribution in [3.63, 3.8) is 0 Å². The topological polar surface area (TPSA) is 15.3 Å². The van der Waals surface area contributed by atoms with Crippen molar-refractivity contribution in [2.24, 2.45) is 0 Å². The van der Waals surface area contributed by atoms with Gasteiger partial charge in [-0.2, -0.15) is 13.2 Å².